The van der Waals surface area contributed by atoms with Gasteiger partial charge in [0.05, 0.1) is 11.2 Å². The van der Waals surface area contributed by atoms with Gasteiger partial charge in [-0.3, -0.25) is 25.2 Å². The van der Waals surface area contributed by atoms with E-state index < -0.39 is 5.66 Å². The molecule has 1 fully saturated rings. The average Bonchev–Trinajstić information content (AvgIpc) is 3.48. The quantitative estimate of drug-likeness (QED) is 0.252. The number of nitrogens with one attached hydrogen (secondary N) is 5. The molecule has 38 heavy (non-hydrogen) atoms. The van der Waals surface area contributed by atoms with E-state index in [-0.39, 0.29) is 23.4 Å². The molecule has 0 bridgehead atoms. The largest absolute Gasteiger partial charge is 0.379 e. The Hall–Kier alpha value is -3.79. The molecule has 2 aliphatic rings. The van der Waals surface area contributed by atoms with Crippen LogP contribution in [0.25, 0.3) is 10.9 Å². The van der Waals surface area contributed by atoms with Gasteiger partial charge in [-0.05, 0) is 74.5 Å². The summed E-state index contributed by atoms with van der Waals surface area (Å²) in [5.41, 5.74) is 4.71. The van der Waals surface area contributed by atoms with Crippen molar-refractivity contribution < 1.29 is 9.59 Å². The van der Waals surface area contributed by atoms with Crippen molar-refractivity contribution in [3.63, 3.8) is 0 Å². The van der Waals surface area contributed by atoms with Crippen LogP contribution in [0, 0.1) is 6.92 Å². The zero-order chi connectivity index (χ0) is 26.7. The number of aromatic nitrogens is 1. The van der Waals surface area contributed by atoms with E-state index in [1.54, 1.807) is 0 Å². The number of aryl methyl sites for hydroxylation is 1. The molecule has 2 aliphatic heterocycles. The van der Waals surface area contributed by atoms with Crippen LogP contribution in [0.1, 0.15) is 47.1 Å². The predicted octanol–water partition coefficient (Wildman–Crippen LogP) is 4.93. The van der Waals surface area contributed by atoms with Gasteiger partial charge in [0.2, 0.25) is 0 Å². The molecule has 2 unspecified atom stereocenters. The molecule has 1 spiro atoms. The zero-order valence-electron chi connectivity index (χ0n) is 21.7. The van der Waals surface area contributed by atoms with E-state index in [2.05, 4.69) is 58.4 Å². The van der Waals surface area contributed by atoms with Gasteiger partial charge in [-0.25, -0.2) is 0 Å². The lowest BCUT2D eigenvalue weighted by Gasteiger charge is -2.26. The lowest BCUT2D eigenvalue weighted by molar-refractivity contribution is -0.122. The second-order valence-electron chi connectivity index (χ2n) is 10.6. The Morgan fingerprint density at radius 3 is 2.76 bits per heavy atom. The van der Waals surface area contributed by atoms with Gasteiger partial charge in [0.25, 0.3) is 11.8 Å². The minimum atomic E-state index is -1.03. The smallest absolute Gasteiger partial charge is 0.267 e. The Bertz CT molecular complexity index is 1590. The first-order valence-electron chi connectivity index (χ1n) is 12.7. The molecule has 6 rings (SSSR count). The van der Waals surface area contributed by atoms with Gasteiger partial charge in [-0.15, -0.1) is 11.3 Å². The Morgan fingerprint density at radius 1 is 1.16 bits per heavy atom. The van der Waals surface area contributed by atoms with E-state index in [0.29, 0.717) is 17.1 Å². The minimum absolute atomic E-state index is 0.0673. The first kappa shape index (κ1) is 24.5. The molecule has 4 heterocycles. The maximum atomic E-state index is 13.4. The molecule has 9 heteroatoms. The number of pyridine rings is 1. The number of benzene rings is 2. The fraction of sp³-hybridized carbons (Fsp3) is 0.276. The number of fused-ring (bicyclic) bond motifs is 3. The molecule has 0 aliphatic carbocycles. The van der Waals surface area contributed by atoms with Crippen LogP contribution in [0.5, 0.6) is 0 Å². The van der Waals surface area contributed by atoms with E-state index in [1.165, 1.54) is 11.3 Å². The third-order valence-electron chi connectivity index (χ3n) is 7.67. The summed E-state index contributed by atoms with van der Waals surface area (Å²) < 4.78 is 0. The summed E-state index contributed by atoms with van der Waals surface area (Å²) in [6.07, 6.45) is 1.81. The normalized spacial score (nSPS) is 21.5. The molecule has 8 nitrogen and oxygen atoms in total. The van der Waals surface area contributed by atoms with Crippen molar-refractivity contribution in [2.24, 2.45) is 0 Å². The molecule has 2 atom stereocenters. The summed E-state index contributed by atoms with van der Waals surface area (Å²) in [4.78, 5) is 31.5. The molecular weight excluding hydrogens is 496 g/mol. The van der Waals surface area contributed by atoms with Crippen LogP contribution >= 0.6 is 11.3 Å². The predicted molar refractivity (Wildman–Crippen MR) is 153 cm³/mol. The summed E-state index contributed by atoms with van der Waals surface area (Å²) in [6, 6.07) is 15.6. The van der Waals surface area contributed by atoms with Crippen molar-refractivity contribution in [1.29, 1.82) is 0 Å². The van der Waals surface area contributed by atoms with E-state index in [0.717, 1.165) is 39.0 Å². The first-order chi connectivity index (χ1) is 18.2. The van der Waals surface area contributed by atoms with Crippen LogP contribution in [-0.4, -0.2) is 28.4 Å². The van der Waals surface area contributed by atoms with Crippen LogP contribution in [0.4, 0.5) is 17.1 Å². The number of amides is 2. The number of hydrogen-bond acceptors (Lipinski definition) is 7. The number of carbonyl (C=O) groups is 2. The molecular formula is C29H30N6O2S. The number of hydrogen-bond donors (Lipinski definition) is 5. The fourth-order valence-electron chi connectivity index (χ4n) is 5.29. The summed E-state index contributed by atoms with van der Waals surface area (Å²) >= 11 is 1.41. The maximum Gasteiger partial charge on any atom is 0.267 e. The van der Waals surface area contributed by atoms with Crippen LogP contribution in [0.15, 0.2) is 60.1 Å². The van der Waals surface area contributed by atoms with Gasteiger partial charge in [0.1, 0.15) is 4.88 Å². The highest BCUT2D eigenvalue weighted by molar-refractivity contribution is 7.13. The first-order valence-corrected chi connectivity index (χ1v) is 13.5. The van der Waals surface area contributed by atoms with Crippen molar-refractivity contribution in [1.82, 2.24) is 15.6 Å². The second kappa shape index (κ2) is 8.90. The van der Waals surface area contributed by atoms with Crippen molar-refractivity contribution in [2.45, 2.75) is 51.5 Å². The van der Waals surface area contributed by atoms with Gasteiger partial charge in [0.15, 0.2) is 5.66 Å². The molecule has 2 aromatic carbocycles. The monoisotopic (exact) mass is 526 g/mol. The highest BCUT2D eigenvalue weighted by Gasteiger charge is 2.56. The Morgan fingerprint density at radius 2 is 1.97 bits per heavy atom. The van der Waals surface area contributed by atoms with E-state index in [4.69, 9.17) is 0 Å². The molecule has 4 aromatic rings. The number of anilines is 3. The molecule has 5 N–H and O–H groups in total. The van der Waals surface area contributed by atoms with Crippen molar-refractivity contribution in [2.75, 3.05) is 16.0 Å². The summed E-state index contributed by atoms with van der Waals surface area (Å²) in [7, 11) is 0. The SMILES string of the molecule is Cc1csc(C(=O)Nc2ccc3c(c2)C2(NC(C)C(C)(C)N2)C(=O)N3)c1NCc1ccnc2ccccc12. The second-order valence-corrected chi connectivity index (χ2v) is 11.5. The molecule has 0 radical (unpaired) electrons. The zero-order valence-corrected chi connectivity index (χ0v) is 22.5. The van der Waals surface area contributed by atoms with Gasteiger partial charge in [-0.2, -0.15) is 0 Å². The van der Waals surface area contributed by atoms with Crippen LogP contribution in [-0.2, 0) is 17.0 Å². The lowest BCUT2D eigenvalue weighted by atomic mass is 9.98. The highest BCUT2D eigenvalue weighted by atomic mass is 32.1. The number of rotatable bonds is 5. The van der Waals surface area contributed by atoms with Gasteiger partial charge in [0, 0.05) is 46.6 Å². The number of nitrogens with zero attached hydrogens (tertiary/aromatic N) is 1. The highest BCUT2D eigenvalue weighted by Crippen LogP contribution is 2.41. The molecule has 2 amide bonds. The molecule has 194 valence electrons. The number of carbonyl (C=O) groups excluding carboxylic acids is 2. The van der Waals surface area contributed by atoms with Crippen LogP contribution in [0.3, 0.4) is 0 Å². The number of thiophene rings is 1. The summed E-state index contributed by atoms with van der Waals surface area (Å²) in [5, 5.41) is 19.5. The van der Waals surface area contributed by atoms with Gasteiger partial charge >= 0.3 is 0 Å². The maximum absolute atomic E-state index is 13.4. The van der Waals surface area contributed by atoms with E-state index in [9.17, 15) is 9.59 Å². The Labute approximate surface area is 225 Å². The van der Waals surface area contributed by atoms with Gasteiger partial charge < -0.3 is 16.0 Å². The van der Waals surface area contributed by atoms with Crippen LogP contribution in [0.2, 0.25) is 0 Å². The average molecular weight is 527 g/mol. The Kier molecular flexibility index (Phi) is 5.75. The lowest BCUT2D eigenvalue weighted by Crippen LogP contribution is -2.54. The summed E-state index contributed by atoms with van der Waals surface area (Å²) in [6.45, 7) is 8.76. The molecule has 1 saturated heterocycles. The summed E-state index contributed by atoms with van der Waals surface area (Å²) in [5.74, 6) is -0.338. The number of para-hydroxylation sites is 1. The van der Waals surface area contributed by atoms with Crippen LogP contribution < -0.4 is 26.6 Å². The minimum Gasteiger partial charge on any atom is -0.379 e. The van der Waals surface area contributed by atoms with Gasteiger partial charge in [-0.1, -0.05) is 18.2 Å². The van der Waals surface area contributed by atoms with E-state index >= 15 is 0 Å². The molecule has 2 aromatic heterocycles. The van der Waals surface area contributed by atoms with Crippen molar-refractivity contribution >= 4 is 51.1 Å². The van der Waals surface area contributed by atoms with E-state index in [1.807, 2.05) is 61.0 Å². The topological polar surface area (TPSA) is 107 Å². The standard InChI is InChI=1S/C29H30N6O2S/c1-16-15-38-25(24(16)31-14-18-11-12-30-22-8-6-5-7-20(18)22)26(36)32-19-9-10-23-21(13-19)29(27(37)33-23)34-17(2)28(3,4)35-29/h5-13,15,17,31,34-35H,14H2,1-4H3,(H,32,36)(H,33,37). The van der Waals surface area contributed by atoms with Crippen molar-refractivity contribution in [3.05, 3.63) is 81.7 Å². The third-order valence-corrected chi connectivity index (χ3v) is 8.77. The third kappa shape index (κ3) is 3.94. The molecule has 0 saturated carbocycles. The fourth-order valence-corrected chi connectivity index (χ4v) is 6.21. The Balaban J connectivity index is 1.24. The van der Waals surface area contributed by atoms with Crippen molar-refractivity contribution in [3.8, 4) is 0 Å².